The molecule has 0 heterocycles. The zero-order chi connectivity index (χ0) is 14.0. The first kappa shape index (κ1) is 14.2. The van der Waals surface area contributed by atoms with Crippen LogP contribution in [0, 0.1) is 22.9 Å². The maximum absolute atomic E-state index is 13.6. The monoisotopic (exact) mass is 271 g/mol. The normalized spacial score (nSPS) is 22.9. The van der Waals surface area contributed by atoms with Gasteiger partial charge in [0.15, 0.2) is 17.5 Å². The molecule has 1 fully saturated rings. The van der Waals surface area contributed by atoms with E-state index in [1.165, 1.54) is 6.07 Å². The van der Waals surface area contributed by atoms with Crippen LogP contribution >= 0.6 is 0 Å². The van der Waals surface area contributed by atoms with E-state index >= 15 is 0 Å². The van der Waals surface area contributed by atoms with Gasteiger partial charge in [0.05, 0.1) is 5.69 Å². The van der Waals surface area contributed by atoms with E-state index in [2.05, 4.69) is 19.2 Å². The number of hydrogen-bond acceptors (Lipinski definition) is 1. The molecule has 1 aliphatic rings. The third-order valence-electron chi connectivity index (χ3n) is 3.97. The second-order valence-corrected chi connectivity index (χ2v) is 6.16. The average Bonchev–Trinajstić information content (AvgIpc) is 2.52. The Morgan fingerprint density at radius 2 is 1.79 bits per heavy atom. The number of halogens is 3. The van der Waals surface area contributed by atoms with Gasteiger partial charge >= 0.3 is 0 Å². The van der Waals surface area contributed by atoms with E-state index < -0.39 is 17.5 Å². The van der Waals surface area contributed by atoms with Crippen molar-refractivity contribution in [2.45, 2.75) is 52.0 Å². The standard InChI is InChI=1S/C15H20F3N/c1-15(2)8-3-4-10(7-9-15)19-12-6-5-11(16)13(17)14(12)18/h5-6,10,19H,3-4,7-9H2,1-2H3. The summed E-state index contributed by atoms with van der Waals surface area (Å²) in [5, 5.41) is 3.01. The highest BCUT2D eigenvalue weighted by Crippen LogP contribution is 2.35. The molecule has 1 nitrogen and oxygen atoms in total. The van der Waals surface area contributed by atoms with E-state index in [0.717, 1.165) is 38.2 Å². The number of benzene rings is 1. The predicted molar refractivity (Wildman–Crippen MR) is 70.6 cm³/mol. The van der Waals surface area contributed by atoms with Gasteiger partial charge in [-0.05, 0) is 43.2 Å². The number of anilines is 1. The van der Waals surface area contributed by atoms with Gasteiger partial charge in [0.25, 0.3) is 0 Å². The summed E-state index contributed by atoms with van der Waals surface area (Å²) in [6, 6.07) is 2.35. The van der Waals surface area contributed by atoms with Crippen molar-refractivity contribution in [3.05, 3.63) is 29.6 Å². The van der Waals surface area contributed by atoms with E-state index in [9.17, 15) is 13.2 Å². The topological polar surface area (TPSA) is 12.0 Å². The molecule has 0 aromatic heterocycles. The summed E-state index contributed by atoms with van der Waals surface area (Å²) in [7, 11) is 0. The van der Waals surface area contributed by atoms with Crippen LogP contribution in [0.3, 0.4) is 0 Å². The third kappa shape index (κ3) is 3.43. The van der Waals surface area contributed by atoms with Crippen molar-refractivity contribution >= 4 is 5.69 Å². The lowest BCUT2D eigenvalue weighted by molar-refractivity contribution is 0.313. The Morgan fingerprint density at radius 1 is 1.05 bits per heavy atom. The highest BCUT2D eigenvalue weighted by atomic mass is 19.2. The smallest absolute Gasteiger partial charge is 0.196 e. The molecule has 0 spiro atoms. The summed E-state index contributed by atoms with van der Waals surface area (Å²) in [6.45, 7) is 4.46. The lowest BCUT2D eigenvalue weighted by Crippen LogP contribution is -2.20. The maximum atomic E-state index is 13.6. The van der Waals surface area contributed by atoms with Gasteiger partial charge in [-0.3, -0.25) is 0 Å². The summed E-state index contributed by atoms with van der Waals surface area (Å²) < 4.78 is 39.6. The molecule has 0 radical (unpaired) electrons. The van der Waals surface area contributed by atoms with E-state index in [1.54, 1.807) is 0 Å². The first-order chi connectivity index (χ1) is 8.89. The lowest BCUT2D eigenvalue weighted by atomic mass is 9.85. The Kier molecular flexibility index (Phi) is 4.07. The van der Waals surface area contributed by atoms with Gasteiger partial charge in [-0.25, -0.2) is 13.2 Å². The molecule has 106 valence electrons. The van der Waals surface area contributed by atoms with Gasteiger partial charge in [0.1, 0.15) is 0 Å². The average molecular weight is 271 g/mol. The molecule has 1 N–H and O–H groups in total. The van der Waals surface area contributed by atoms with E-state index in [-0.39, 0.29) is 11.7 Å². The fraction of sp³-hybridized carbons (Fsp3) is 0.600. The molecule has 0 amide bonds. The van der Waals surface area contributed by atoms with Crippen molar-refractivity contribution in [3.8, 4) is 0 Å². The van der Waals surface area contributed by atoms with Crippen LogP contribution in [-0.2, 0) is 0 Å². The SMILES string of the molecule is CC1(C)CCCC(Nc2ccc(F)c(F)c2F)CC1. The molecule has 0 aliphatic heterocycles. The summed E-state index contributed by atoms with van der Waals surface area (Å²) in [5.74, 6) is -3.67. The van der Waals surface area contributed by atoms with Crippen LogP contribution in [0.25, 0.3) is 0 Å². The predicted octanol–water partition coefficient (Wildman–Crippen LogP) is 4.87. The Bertz CT molecular complexity index is 457. The molecule has 19 heavy (non-hydrogen) atoms. The van der Waals surface area contributed by atoms with Crippen molar-refractivity contribution < 1.29 is 13.2 Å². The van der Waals surface area contributed by atoms with Crippen LogP contribution in [0.15, 0.2) is 12.1 Å². The molecule has 1 saturated carbocycles. The van der Waals surface area contributed by atoms with Crippen LogP contribution in [0.2, 0.25) is 0 Å². The largest absolute Gasteiger partial charge is 0.380 e. The molecule has 1 aliphatic carbocycles. The van der Waals surface area contributed by atoms with Gasteiger partial charge in [0.2, 0.25) is 0 Å². The Morgan fingerprint density at radius 3 is 2.53 bits per heavy atom. The first-order valence-corrected chi connectivity index (χ1v) is 6.79. The van der Waals surface area contributed by atoms with Gasteiger partial charge in [0, 0.05) is 6.04 Å². The van der Waals surface area contributed by atoms with Crippen LogP contribution in [-0.4, -0.2) is 6.04 Å². The van der Waals surface area contributed by atoms with Crippen molar-refractivity contribution in [2.24, 2.45) is 5.41 Å². The molecule has 0 saturated heterocycles. The quantitative estimate of drug-likeness (QED) is 0.597. The number of hydrogen-bond donors (Lipinski definition) is 1. The third-order valence-corrected chi connectivity index (χ3v) is 3.97. The highest BCUT2D eigenvalue weighted by molar-refractivity contribution is 5.46. The van der Waals surface area contributed by atoms with Crippen LogP contribution < -0.4 is 5.32 Å². The minimum Gasteiger partial charge on any atom is -0.380 e. The fourth-order valence-corrected chi connectivity index (χ4v) is 2.66. The zero-order valence-electron chi connectivity index (χ0n) is 11.4. The van der Waals surface area contributed by atoms with Gasteiger partial charge in [-0.15, -0.1) is 0 Å². The summed E-state index contributed by atoms with van der Waals surface area (Å²) >= 11 is 0. The summed E-state index contributed by atoms with van der Waals surface area (Å²) in [4.78, 5) is 0. The van der Waals surface area contributed by atoms with E-state index in [0.29, 0.717) is 5.41 Å². The van der Waals surface area contributed by atoms with Crippen LogP contribution in [0.1, 0.15) is 46.0 Å². The molecule has 2 rings (SSSR count). The van der Waals surface area contributed by atoms with Crippen molar-refractivity contribution in [1.29, 1.82) is 0 Å². The minimum absolute atomic E-state index is 0.0589. The lowest BCUT2D eigenvalue weighted by Gasteiger charge is -2.22. The second kappa shape index (κ2) is 5.43. The first-order valence-electron chi connectivity index (χ1n) is 6.79. The molecule has 0 bridgehead atoms. The summed E-state index contributed by atoms with van der Waals surface area (Å²) in [6.07, 6.45) is 5.12. The molecule has 1 aromatic carbocycles. The molecular formula is C15H20F3N. The van der Waals surface area contributed by atoms with Crippen LogP contribution in [0.5, 0.6) is 0 Å². The van der Waals surface area contributed by atoms with Gasteiger partial charge in [-0.1, -0.05) is 20.3 Å². The Hall–Kier alpha value is -1.19. The fourth-order valence-electron chi connectivity index (χ4n) is 2.66. The Balaban J connectivity index is 2.07. The van der Waals surface area contributed by atoms with Crippen molar-refractivity contribution in [1.82, 2.24) is 0 Å². The number of nitrogens with one attached hydrogen (secondary N) is 1. The van der Waals surface area contributed by atoms with E-state index in [4.69, 9.17) is 0 Å². The summed E-state index contributed by atoms with van der Waals surface area (Å²) in [5.41, 5.74) is 0.367. The minimum atomic E-state index is -1.40. The van der Waals surface area contributed by atoms with E-state index in [1.807, 2.05) is 0 Å². The molecular weight excluding hydrogens is 251 g/mol. The zero-order valence-corrected chi connectivity index (χ0v) is 11.4. The van der Waals surface area contributed by atoms with Crippen molar-refractivity contribution in [3.63, 3.8) is 0 Å². The number of rotatable bonds is 2. The Labute approximate surface area is 112 Å². The second-order valence-electron chi connectivity index (χ2n) is 6.16. The molecule has 1 unspecified atom stereocenters. The molecule has 1 atom stereocenters. The highest BCUT2D eigenvalue weighted by Gasteiger charge is 2.25. The molecule has 1 aromatic rings. The van der Waals surface area contributed by atoms with Gasteiger partial charge in [-0.2, -0.15) is 0 Å². The maximum Gasteiger partial charge on any atom is 0.196 e. The molecule has 4 heteroatoms. The van der Waals surface area contributed by atoms with Gasteiger partial charge < -0.3 is 5.32 Å². The van der Waals surface area contributed by atoms with Crippen molar-refractivity contribution in [2.75, 3.05) is 5.32 Å². The van der Waals surface area contributed by atoms with Crippen LogP contribution in [0.4, 0.5) is 18.9 Å².